The smallest absolute Gasteiger partial charge is 0.0702 e. The lowest BCUT2D eigenvalue weighted by molar-refractivity contribution is 1.32. The molecule has 9 aromatic rings. The van der Waals surface area contributed by atoms with Gasteiger partial charge < -0.3 is 0 Å². The quantitative estimate of drug-likeness (QED) is 0.175. The second-order valence-corrected chi connectivity index (χ2v) is 13.1. The third kappa shape index (κ3) is 5.05. The summed E-state index contributed by atoms with van der Waals surface area (Å²) in [4.78, 5) is 9.26. The summed E-state index contributed by atoms with van der Waals surface area (Å²) in [5.74, 6) is 0. The number of benzene rings is 7. The first kappa shape index (κ1) is 29.7. The fraction of sp³-hybridized carbons (Fsp3) is 0.0417. The van der Waals surface area contributed by atoms with E-state index in [0.717, 1.165) is 22.5 Å². The first-order valence-electron chi connectivity index (χ1n) is 17.2. The molecule has 0 saturated heterocycles. The molecule has 2 aromatic heterocycles. The Balaban J connectivity index is 1.35. The van der Waals surface area contributed by atoms with Gasteiger partial charge in [-0.15, -0.1) is 0 Å². The van der Waals surface area contributed by atoms with Crippen LogP contribution in [0.2, 0.25) is 0 Å². The summed E-state index contributed by atoms with van der Waals surface area (Å²) in [5, 5.41) is 7.47. The fourth-order valence-corrected chi connectivity index (χ4v) is 7.68. The average molecular weight is 639 g/mol. The maximum absolute atomic E-state index is 4.64. The summed E-state index contributed by atoms with van der Waals surface area (Å²) in [7, 11) is 0. The van der Waals surface area contributed by atoms with Crippen LogP contribution in [0.15, 0.2) is 170 Å². The Morgan fingerprint density at radius 2 is 0.840 bits per heavy atom. The van der Waals surface area contributed by atoms with E-state index < -0.39 is 0 Å². The Labute approximate surface area is 292 Å². The van der Waals surface area contributed by atoms with Crippen molar-refractivity contribution in [3.63, 3.8) is 0 Å². The molecule has 2 nitrogen and oxygen atoms in total. The van der Waals surface area contributed by atoms with Gasteiger partial charge in [-0.2, -0.15) is 0 Å². The van der Waals surface area contributed by atoms with E-state index >= 15 is 0 Å². The van der Waals surface area contributed by atoms with Crippen molar-refractivity contribution >= 4 is 32.3 Å². The highest BCUT2D eigenvalue weighted by atomic mass is 14.7. The zero-order valence-electron chi connectivity index (χ0n) is 28.1. The minimum atomic E-state index is 0.982. The lowest BCUT2D eigenvalue weighted by Crippen LogP contribution is -1.95. The number of rotatable bonds is 5. The van der Waals surface area contributed by atoms with Gasteiger partial charge in [0.25, 0.3) is 0 Å². The summed E-state index contributed by atoms with van der Waals surface area (Å²) in [6.45, 7) is 4.45. The highest BCUT2D eigenvalue weighted by molar-refractivity contribution is 6.22. The van der Waals surface area contributed by atoms with Crippen molar-refractivity contribution in [2.45, 2.75) is 13.8 Å². The molecule has 2 heterocycles. The summed E-state index contributed by atoms with van der Waals surface area (Å²) in [6, 6.07) is 57.0. The number of aromatic nitrogens is 2. The molecule has 236 valence electrons. The van der Waals surface area contributed by atoms with Crippen LogP contribution in [0, 0.1) is 13.8 Å². The molecule has 0 atom stereocenters. The van der Waals surface area contributed by atoms with Crippen molar-refractivity contribution in [2.24, 2.45) is 0 Å². The van der Waals surface area contributed by atoms with E-state index in [1.165, 1.54) is 76.8 Å². The van der Waals surface area contributed by atoms with Gasteiger partial charge in [0.1, 0.15) is 0 Å². The topological polar surface area (TPSA) is 25.8 Å². The van der Waals surface area contributed by atoms with Crippen LogP contribution in [0.1, 0.15) is 11.1 Å². The zero-order valence-corrected chi connectivity index (χ0v) is 28.1. The molecule has 0 spiro atoms. The van der Waals surface area contributed by atoms with Crippen LogP contribution >= 0.6 is 0 Å². The zero-order chi connectivity index (χ0) is 33.6. The van der Waals surface area contributed by atoms with Crippen LogP contribution in [-0.4, -0.2) is 9.97 Å². The predicted molar refractivity (Wildman–Crippen MR) is 211 cm³/mol. The van der Waals surface area contributed by atoms with E-state index in [1.54, 1.807) is 0 Å². The second-order valence-electron chi connectivity index (χ2n) is 13.1. The molecule has 0 radical (unpaired) electrons. The Morgan fingerprint density at radius 1 is 0.340 bits per heavy atom. The van der Waals surface area contributed by atoms with E-state index in [9.17, 15) is 0 Å². The van der Waals surface area contributed by atoms with Gasteiger partial charge in [0.15, 0.2) is 0 Å². The van der Waals surface area contributed by atoms with E-state index in [4.69, 9.17) is 0 Å². The van der Waals surface area contributed by atoms with E-state index in [-0.39, 0.29) is 0 Å². The standard InChI is InChI=1S/C48H34N2/c1-31-28-35(45-18-7-9-26-49-45)21-23-37(31)47-41-15-5-6-16-42(41)48(38-24-22-36(29-32(38)2)46-19-8-10-27-50-46)44-30-34(20-25-43(44)47)40-17-11-13-33-12-3-4-14-39(33)40/h3-30H,1-2H3. The average Bonchev–Trinajstić information content (AvgIpc) is 3.17. The molecule has 9 rings (SSSR count). The van der Waals surface area contributed by atoms with Crippen molar-refractivity contribution < 1.29 is 0 Å². The van der Waals surface area contributed by atoms with Crippen LogP contribution in [0.5, 0.6) is 0 Å². The maximum Gasteiger partial charge on any atom is 0.0702 e. The van der Waals surface area contributed by atoms with Crippen LogP contribution in [0.4, 0.5) is 0 Å². The molecule has 50 heavy (non-hydrogen) atoms. The molecular weight excluding hydrogens is 605 g/mol. The molecule has 0 aliphatic rings. The molecule has 0 aliphatic heterocycles. The lowest BCUT2D eigenvalue weighted by atomic mass is 9.82. The molecule has 0 amide bonds. The monoisotopic (exact) mass is 638 g/mol. The summed E-state index contributed by atoms with van der Waals surface area (Å²) < 4.78 is 0. The summed E-state index contributed by atoms with van der Waals surface area (Å²) in [5.41, 5.74) is 14.1. The number of aryl methyl sites for hydroxylation is 2. The number of pyridine rings is 2. The number of nitrogens with zero attached hydrogens (tertiary/aromatic N) is 2. The molecule has 0 fully saturated rings. The summed E-state index contributed by atoms with van der Waals surface area (Å²) in [6.07, 6.45) is 3.72. The fourth-order valence-electron chi connectivity index (χ4n) is 7.68. The van der Waals surface area contributed by atoms with Crippen LogP contribution < -0.4 is 0 Å². The van der Waals surface area contributed by atoms with Crippen molar-refractivity contribution in [2.75, 3.05) is 0 Å². The van der Waals surface area contributed by atoms with Crippen LogP contribution in [0.25, 0.3) is 88.2 Å². The number of hydrogen-bond donors (Lipinski definition) is 0. The van der Waals surface area contributed by atoms with Crippen molar-refractivity contribution in [1.82, 2.24) is 9.97 Å². The minimum absolute atomic E-state index is 0.982. The SMILES string of the molecule is Cc1cc(-c2ccccn2)ccc1-c1c2ccccc2c(-c2ccc(-c3ccccn3)cc2C)c2cc(-c3cccc4ccccc34)ccc12. The molecule has 7 aromatic carbocycles. The maximum atomic E-state index is 4.64. The molecule has 0 N–H and O–H groups in total. The molecule has 0 aliphatic carbocycles. The van der Waals surface area contributed by atoms with Gasteiger partial charge in [0.05, 0.1) is 11.4 Å². The first-order chi connectivity index (χ1) is 24.6. The Kier molecular flexibility index (Phi) is 7.29. The highest BCUT2D eigenvalue weighted by Gasteiger charge is 2.20. The lowest BCUT2D eigenvalue weighted by Gasteiger charge is -2.21. The Hall–Kier alpha value is -6.38. The van der Waals surface area contributed by atoms with Gasteiger partial charge in [0, 0.05) is 23.5 Å². The van der Waals surface area contributed by atoms with Gasteiger partial charge in [-0.3, -0.25) is 9.97 Å². The minimum Gasteiger partial charge on any atom is -0.256 e. The Bertz CT molecular complexity index is 2710. The third-order valence-electron chi connectivity index (χ3n) is 10.0. The number of hydrogen-bond acceptors (Lipinski definition) is 2. The number of fused-ring (bicyclic) bond motifs is 3. The van der Waals surface area contributed by atoms with E-state index in [0.29, 0.717) is 0 Å². The van der Waals surface area contributed by atoms with Gasteiger partial charge in [0.2, 0.25) is 0 Å². The molecule has 0 unspecified atom stereocenters. The molecule has 2 heteroatoms. The van der Waals surface area contributed by atoms with Crippen molar-refractivity contribution in [3.8, 4) is 55.9 Å². The Morgan fingerprint density at radius 3 is 1.42 bits per heavy atom. The summed E-state index contributed by atoms with van der Waals surface area (Å²) >= 11 is 0. The van der Waals surface area contributed by atoms with Crippen molar-refractivity contribution in [1.29, 1.82) is 0 Å². The largest absolute Gasteiger partial charge is 0.256 e. The predicted octanol–water partition coefficient (Wildman–Crippen LogP) is 12.9. The highest BCUT2D eigenvalue weighted by Crippen LogP contribution is 2.47. The van der Waals surface area contributed by atoms with Crippen molar-refractivity contribution in [3.05, 3.63) is 181 Å². The van der Waals surface area contributed by atoms with Gasteiger partial charge in [-0.1, -0.05) is 115 Å². The first-order valence-corrected chi connectivity index (χ1v) is 17.2. The second kappa shape index (κ2) is 12.3. The molecule has 0 saturated carbocycles. The van der Waals surface area contributed by atoms with Gasteiger partial charge >= 0.3 is 0 Å². The van der Waals surface area contributed by atoms with E-state index in [2.05, 4.69) is 157 Å². The molecular formula is C48H34N2. The van der Waals surface area contributed by atoms with E-state index in [1.807, 2.05) is 36.7 Å². The third-order valence-corrected chi connectivity index (χ3v) is 10.0. The van der Waals surface area contributed by atoms with Crippen LogP contribution in [0.3, 0.4) is 0 Å². The normalized spacial score (nSPS) is 11.4. The van der Waals surface area contributed by atoms with Crippen LogP contribution in [-0.2, 0) is 0 Å². The van der Waals surface area contributed by atoms with Gasteiger partial charge in [-0.05, 0) is 133 Å². The molecule has 0 bridgehead atoms. The van der Waals surface area contributed by atoms with Gasteiger partial charge in [-0.25, -0.2) is 0 Å².